The van der Waals surface area contributed by atoms with Crippen molar-refractivity contribution in [2.75, 3.05) is 11.9 Å². The summed E-state index contributed by atoms with van der Waals surface area (Å²) in [7, 11) is -3.47. The van der Waals surface area contributed by atoms with Crippen molar-refractivity contribution in [1.29, 1.82) is 0 Å². The van der Waals surface area contributed by atoms with Crippen molar-refractivity contribution in [2.45, 2.75) is 51.0 Å². The van der Waals surface area contributed by atoms with E-state index in [2.05, 4.69) is 10.3 Å². The van der Waals surface area contributed by atoms with E-state index in [0.29, 0.717) is 22.3 Å². The van der Waals surface area contributed by atoms with Gasteiger partial charge in [-0.3, -0.25) is 4.79 Å². The fourth-order valence-corrected chi connectivity index (χ4v) is 5.50. The molecule has 1 amide bonds. The second-order valence-corrected chi connectivity index (χ2v) is 9.92. The highest BCUT2D eigenvalue weighted by molar-refractivity contribution is 7.89. The van der Waals surface area contributed by atoms with Crippen LogP contribution in [0.25, 0.3) is 11.3 Å². The summed E-state index contributed by atoms with van der Waals surface area (Å²) in [6.07, 6.45) is 2.89. The summed E-state index contributed by atoms with van der Waals surface area (Å²) in [5.41, 5.74) is 1.54. The van der Waals surface area contributed by atoms with Crippen molar-refractivity contribution < 1.29 is 13.2 Å². The molecule has 2 aromatic rings. The molecule has 1 unspecified atom stereocenters. The number of sulfonamides is 1. The molecule has 1 fully saturated rings. The molecule has 8 heteroatoms. The van der Waals surface area contributed by atoms with Crippen molar-refractivity contribution in [1.82, 2.24) is 9.29 Å². The normalized spacial score (nSPS) is 18.6. The Bertz CT molecular complexity index is 905. The average molecular weight is 408 g/mol. The van der Waals surface area contributed by atoms with Crippen LogP contribution in [0.5, 0.6) is 0 Å². The number of amides is 1. The zero-order valence-electron chi connectivity index (χ0n) is 15.8. The molecule has 1 atom stereocenters. The Kier molecular flexibility index (Phi) is 5.98. The first-order valence-electron chi connectivity index (χ1n) is 9.17. The summed E-state index contributed by atoms with van der Waals surface area (Å²) in [5.74, 6) is -0.188. The summed E-state index contributed by atoms with van der Waals surface area (Å²) in [6.45, 7) is 6.20. The molecule has 0 bridgehead atoms. The van der Waals surface area contributed by atoms with Crippen LogP contribution >= 0.6 is 11.3 Å². The number of rotatable bonds is 5. The van der Waals surface area contributed by atoms with Crippen LogP contribution in [-0.2, 0) is 14.8 Å². The Morgan fingerprint density at radius 3 is 2.59 bits per heavy atom. The predicted molar refractivity (Wildman–Crippen MR) is 108 cm³/mol. The molecule has 0 aliphatic carbocycles. The minimum atomic E-state index is -3.47. The van der Waals surface area contributed by atoms with Gasteiger partial charge in [0.1, 0.15) is 0 Å². The second-order valence-electron chi connectivity index (χ2n) is 7.17. The van der Waals surface area contributed by atoms with Gasteiger partial charge in [-0.25, -0.2) is 13.4 Å². The maximum Gasteiger partial charge on any atom is 0.243 e. The Hall–Kier alpha value is -1.77. The van der Waals surface area contributed by atoms with Crippen molar-refractivity contribution in [3.63, 3.8) is 0 Å². The maximum atomic E-state index is 12.9. The van der Waals surface area contributed by atoms with E-state index >= 15 is 0 Å². The number of piperidine rings is 1. The maximum absolute atomic E-state index is 12.9. The molecule has 0 radical (unpaired) electrons. The Morgan fingerprint density at radius 1 is 1.26 bits per heavy atom. The fourth-order valence-electron chi connectivity index (χ4n) is 3.08. The third-order valence-corrected chi connectivity index (χ3v) is 7.54. The van der Waals surface area contributed by atoms with Crippen LogP contribution in [0, 0.1) is 5.92 Å². The van der Waals surface area contributed by atoms with Crippen LogP contribution in [-0.4, -0.2) is 36.2 Å². The van der Waals surface area contributed by atoms with Gasteiger partial charge in [0.25, 0.3) is 0 Å². The van der Waals surface area contributed by atoms with Crippen LogP contribution in [0.2, 0.25) is 0 Å². The van der Waals surface area contributed by atoms with E-state index in [1.165, 1.54) is 11.3 Å². The number of hydrogen-bond acceptors (Lipinski definition) is 5. The first-order chi connectivity index (χ1) is 12.8. The molecule has 1 aliphatic rings. The zero-order chi connectivity index (χ0) is 19.6. The van der Waals surface area contributed by atoms with Gasteiger partial charge in [-0.05, 0) is 31.9 Å². The van der Waals surface area contributed by atoms with Gasteiger partial charge in [0, 0.05) is 29.4 Å². The van der Waals surface area contributed by atoms with Gasteiger partial charge in [0.15, 0.2) is 5.13 Å². The molecular weight excluding hydrogens is 382 g/mol. The monoisotopic (exact) mass is 407 g/mol. The molecule has 1 aromatic carbocycles. The van der Waals surface area contributed by atoms with Crippen molar-refractivity contribution in [3.8, 4) is 11.3 Å². The lowest BCUT2D eigenvalue weighted by Crippen LogP contribution is -2.41. The summed E-state index contributed by atoms with van der Waals surface area (Å²) in [6, 6.07) is 6.85. The van der Waals surface area contributed by atoms with Crippen molar-refractivity contribution in [2.24, 2.45) is 5.92 Å². The smallest absolute Gasteiger partial charge is 0.243 e. The summed E-state index contributed by atoms with van der Waals surface area (Å²) in [4.78, 5) is 16.5. The molecule has 1 N–H and O–H groups in total. The molecule has 3 rings (SSSR count). The van der Waals surface area contributed by atoms with E-state index in [1.54, 1.807) is 28.6 Å². The number of nitrogens with one attached hydrogen (secondary N) is 1. The largest absolute Gasteiger partial charge is 0.302 e. The van der Waals surface area contributed by atoms with E-state index in [0.717, 1.165) is 24.8 Å². The quantitative estimate of drug-likeness (QED) is 0.813. The number of hydrogen-bond donors (Lipinski definition) is 1. The number of nitrogens with zero attached hydrogens (tertiary/aromatic N) is 2. The molecule has 1 saturated heterocycles. The van der Waals surface area contributed by atoms with Crippen molar-refractivity contribution >= 4 is 32.4 Å². The summed E-state index contributed by atoms with van der Waals surface area (Å²) in [5, 5.41) is 5.18. The standard InChI is InChI=1S/C19H25N3O3S2/c1-13(2)18(23)21-19-20-17(12-26-19)15-7-9-16(10-8-15)27(24,25)22-11-5-4-6-14(22)3/h7-10,12-14H,4-6,11H2,1-3H3,(H,20,21,23). The minimum Gasteiger partial charge on any atom is -0.302 e. The number of benzene rings is 1. The highest BCUT2D eigenvalue weighted by Crippen LogP contribution is 2.29. The first kappa shape index (κ1) is 20.0. The predicted octanol–water partition coefficient (Wildman–Crippen LogP) is 3.97. The van der Waals surface area contributed by atoms with Gasteiger partial charge < -0.3 is 5.32 Å². The molecule has 1 aliphatic heterocycles. The molecule has 27 heavy (non-hydrogen) atoms. The lowest BCUT2D eigenvalue weighted by molar-refractivity contribution is -0.118. The van der Waals surface area contributed by atoms with Crippen molar-refractivity contribution in [3.05, 3.63) is 29.6 Å². The van der Waals surface area contributed by atoms with Gasteiger partial charge in [-0.2, -0.15) is 4.31 Å². The van der Waals surface area contributed by atoms with Gasteiger partial charge in [-0.1, -0.05) is 32.4 Å². The number of aromatic nitrogens is 1. The fraction of sp³-hybridized carbons (Fsp3) is 0.474. The third kappa shape index (κ3) is 4.39. The van der Waals surface area contributed by atoms with Gasteiger partial charge in [0.05, 0.1) is 10.6 Å². The Morgan fingerprint density at radius 2 is 1.96 bits per heavy atom. The van der Waals surface area contributed by atoms with Gasteiger partial charge >= 0.3 is 0 Å². The van der Waals surface area contributed by atoms with E-state index < -0.39 is 10.0 Å². The molecule has 6 nitrogen and oxygen atoms in total. The lowest BCUT2D eigenvalue weighted by Gasteiger charge is -2.32. The van der Waals surface area contributed by atoms with Crippen LogP contribution < -0.4 is 5.32 Å². The van der Waals surface area contributed by atoms with Crippen LogP contribution in [0.4, 0.5) is 5.13 Å². The number of thiazole rings is 1. The number of carbonyl (C=O) groups is 1. The Labute approximate surface area is 164 Å². The Balaban J connectivity index is 1.77. The summed E-state index contributed by atoms with van der Waals surface area (Å²) < 4.78 is 27.4. The summed E-state index contributed by atoms with van der Waals surface area (Å²) >= 11 is 1.35. The van der Waals surface area contributed by atoms with E-state index in [9.17, 15) is 13.2 Å². The zero-order valence-corrected chi connectivity index (χ0v) is 17.4. The van der Waals surface area contributed by atoms with Gasteiger partial charge in [0.2, 0.25) is 15.9 Å². The highest BCUT2D eigenvalue weighted by Gasteiger charge is 2.30. The average Bonchev–Trinajstić information content (AvgIpc) is 3.10. The van der Waals surface area contributed by atoms with Gasteiger partial charge in [-0.15, -0.1) is 11.3 Å². The van der Waals surface area contributed by atoms with Crippen LogP contribution in [0.1, 0.15) is 40.0 Å². The first-order valence-corrected chi connectivity index (χ1v) is 11.5. The van der Waals surface area contributed by atoms with E-state index in [4.69, 9.17) is 0 Å². The van der Waals surface area contributed by atoms with E-state index in [-0.39, 0.29) is 17.9 Å². The second kappa shape index (κ2) is 8.08. The van der Waals surface area contributed by atoms with Crippen LogP contribution in [0.3, 0.4) is 0 Å². The van der Waals surface area contributed by atoms with Crippen LogP contribution in [0.15, 0.2) is 34.5 Å². The molecule has 2 heterocycles. The highest BCUT2D eigenvalue weighted by atomic mass is 32.2. The molecule has 0 spiro atoms. The van der Waals surface area contributed by atoms with E-state index in [1.807, 2.05) is 26.2 Å². The SMILES string of the molecule is CC(C)C(=O)Nc1nc(-c2ccc(S(=O)(=O)N3CCCCC3C)cc2)cs1. The number of anilines is 1. The molecular formula is C19H25N3O3S2. The molecule has 0 saturated carbocycles. The molecule has 1 aromatic heterocycles. The third-order valence-electron chi connectivity index (χ3n) is 4.76. The minimum absolute atomic E-state index is 0.0362. The number of carbonyl (C=O) groups excluding carboxylic acids is 1. The molecule has 146 valence electrons. The topological polar surface area (TPSA) is 79.4 Å². The lowest BCUT2D eigenvalue weighted by atomic mass is 10.1.